The van der Waals surface area contributed by atoms with Crippen LogP contribution in [0.5, 0.6) is 5.75 Å². The van der Waals surface area contributed by atoms with Crippen molar-refractivity contribution in [1.82, 2.24) is 0 Å². The number of alkyl halides is 3. The number of carbonyl (C=O) groups excluding carboxylic acids is 1. The Labute approximate surface area is 168 Å². The predicted octanol–water partition coefficient (Wildman–Crippen LogP) is 5.38. The average Bonchev–Trinajstić information content (AvgIpc) is 3.01. The van der Waals surface area contributed by atoms with E-state index < -0.39 is 11.7 Å². The van der Waals surface area contributed by atoms with Crippen molar-refractivity contribution in [3.05, 3.63) is 59.7 Å². The van der Waals surface area contributed by atoms with Gasteiger partial charge >= 0.3 is 6.18 Å². The van der Waals surface area contributed by atoms with Gasteiger partial charge in [0.25, 0.3) is 0 Å². The number of hydrogen-bond acceptors (Lipinski definition) is 4. The number of amidine groups is 1. The summed E-state index contributed by atoms with van der Waals surface area (Å²) in [6.07, 6.45) is -0.980. The summed E-state index contributed by atoms with van der Waals surface area (Å²) >= 11 is 0. The van der Waals surface area contributed by atoms with Gasteiger partial charge in [0.05, 0.1) is 19.2 Å². The van der Waals surface area contributed by atoms with E-state index in [1.165, 1.54) is 13.2 Å². The normalized spacial score (nSPS) is 14.7. The lowest BCUT2D eigenvalue weighted by molar-refractivity contribution is -0.137. The molecular weight excluding hydrogens is 381 g/mol. The molecule has 0 atom stereocenters. The van der Waals surface area contributed by atoms with Crippen LogP contribution in [0.25, 0.3) is 0 Å². The first-order valence-corrected chi connectivity index (χ1v) is 9.54. The molecule has 0 saturated heterocycles. The van der Waals surface area contributed by atoms with Crippen LogP contribution in [0.15, 0.2) is 53.5 Å². The van der Waals surface area contributed by atoms with Crippen LogP contribution in [0.4, 0.5) is 18.9 Å². The molecule has 0 bridgehead atoms. The number of rotatable bonds is 5. The fourth-order valence-electron chi connectivity index (χ4n) is 3.27. The molecule has 3 rings (SSSR count). The van der Waals surface area contributed by atoms with E-state index in [2.05, 4.69) is 4.99 Å². The Morgan fingerprint density at radius 2 is 1.86 bits per heavy atom. The van der Waals surface area contributed by atoms with E-state index >= 15 is 0 Å². The van der Waals surface area contributed by atoms with Gasteiger partial charge in [-0.3, -0.25) is 9.79 Å². The molecule has 0 aliphatic carbocycles. The van der Waals surface area contributed by atoms with E-state index in [-0.39, 0.29) is 12.3 Å². The Balaban J connectivity index is 1.92. The van der Waals surface area contributed by atoms with Gasteiger partial charge in [-0.05, 0) is 55.3 Å². The maximum atomic E-state index is 13.2. The third-order valence-electron chi connectivity index (χ3n) is 4.86. The highest BCUT2D eigenvalue weighted by atomic mass is 19.4. The summed E-state index contributed by atoms with van der Waals surface area (Å²) in [5.41, 5.74) is 0.0467. The summed E-state index contributed by atoms with van der Waals surface area (Å²) in [4.78, 5) is 19.1. The average molecular weight is 404 g/mol. The maximum Gasteiger partial charge on any atom is 0.416 e. The standard InChI is InChI=1S/C22H23F3N2O2/c1-29-19-11-9-16(10-12-19)20(28)15-27(21-8-3-2-4-13-26-21)18-7-5-6-17(14-18)22(23,24)25/h5-7,9-12,14H,2-4,8,13,15H2,1H3. The van der Waals surface area contributed by atoms with Crippen molar-refractivity contribution in [3.63, 3.8) is 0 Å². The molecule has 1 aliphatic heterocycles. The molecule has 154 valence electrons. The minimum Gasteiger partial charge on any atom is -0.497 e. The van der Waals surface area contributed by atoms with Crippen LogP contribution in [0.3, 0.4) is 0 Å². The number of nitrogens with zero attached hydrogens (tertiary/aromatic N) is 2. The monoisotopic (exact) mass is 404 g/mol. The first-order valence-electron chi connectivity index (χ1n) is 9.54. The van der Waals surface area contributed by atoms with E-state index in [4.69, 9.17) is 4.74 Å². The van der Waals surface area contributed by atoms with Crippen LogP contribution < -0.4 is 9.64 Å². The molecule has 0 fully saturated rings. The van der Waals surface area contributed by atoms with Gasteiger partial charge in [0.2, 0.25) is 0 Å². The minimum atomic E-state index is -4.45. The minimum absolute atomic E-state index is 0.0769. The number of anilines is 1. The van der Waals surface area contributed by atoms with Gasteiger partial charge in [0.15, 0.2) is 5.78 Å². The number of methoxy groups -OCH3 is 1. The molecule has 0 N–H and O–H groups in total. The van der Waals surface area contributed by atoms with Gasteiger partial charge in [0.1, 0.15) is 11.6 Å². The van der Waals surface area contributed by atoms with E-state index in [1.54, 1.807) is 35.2 Å². The molecule has 0 radical (unpaired) electrons. The fourth-order valence-corrected chi connectivity index (χ4v) is 3.27. The summed E-state index contributed by atoms with van der Waals surface area (Å²) in [5, 5.41) is 0. The summed E-state index contributed by atoms with van der Waals surface area (Å²) in [6, 6.07) is 11.7. The van der Waals surface area contributed by atoms with Crippen molar-refractivity contribution in [1.29, 1.82) is 0 Å². The molecule has 2 aromatic carbocycles. The molecule has 0 amide bonds. The lowest BCUT2D eigenvalue weighted by atomic mass is 10.1. The van der Waals surface area contributed by atoms with Crippen LogP contribution in [0.2, 0.25) is 0 Å². The first-order chi connectivity index (χ1) is 13.9. The van der Waals surface area contributed by atoms with Crippen molar-refractivity contribution in [2.24, 2.45) is 4.99 Å². The van der Waals surface area contributed by atoms with Gasteiger partial charge in [-0.2, -0.15) is 13.2 Å². The highest BCUT2D eigenvalue weighted by molar-refractivity contribution is 6.07. The van der Waals surface area contributed by atoms with E-state index in [0.717, 1.165) is 31.4 Å². The Morgan fingerprint density at radius 1 is 1.10 bits per heavy atom. The maximum absolute atomic E-state index is 13.2. The van der Waals surface area contributed by atoms with E-state index in [1.807, 2.05) is 0 Å². The highest BCUT2D eigenvalue weighted by Gasteiger charge is 2.31. The largest absolute Gasteiger partial charge is 0.497 e. The molecule has 0 spiro atoms. The number of benzene rings is 2. The predicted molar refractivity (Wildman–Crippen MR) is 107 cm³/mol. The quantitative estimate of drug-likeness (QED) is 0.629. The highest BCUT2D eigenvalue weighted by Crippen LogP contribution is 2.32. The molecule has 2 aromatic rings. The lowest BCUT2D eigenvalue weighted by Gasteiger charge is -2.26. The van der Waals surface area contributed by atoms with Crippen molar-refractivity contribution in [2.45, 2.75) is 31.9 Å². The van der Waals surface area contributed by atoms with Crippen molar-refractivity contribution >= 4 is 17.3 Å². The summed E-state index contributed by atoms with van der Waals surface area (Å²) in [5.74, 6) is 1.09. The van der Waals surface area contributed by atoms with Crippen LogP contribution in [-0.2, 0) is 6.18 Å². The molecule has 29 heavy (non-hydrogen) atoms. The number of ether oxygens (including phenoxy) is 1. The molecule has 7 heteroatoms. The second-order valence-corrected chi connectivity index (χ2v) is 6.89. The number of ketones is 1. The van der Waals surface area contributed by atoms with Crippen LogP contribution in [0, 0.1) is 0 Å². The molecular formula is C22H23F3N2O2. The molecule has 1 heterocycles. The second-order valence-electron chi connectivity index (χ2n) is 6.89. The van der Waals surface area contributed by atoms with Gasteiger partial charge in [-0.15, -0.1) is 0 Å². The summed E-state index contributed by atoms with van der Waals surface area (Å²) in [7, 11) is 1.54. The number of aliphatic imine (C=N–C) groups is 1. The van der Waals surface area contributed by atoms with E-state index in [0.29, 0.717) is 35.8 Å². The smallest absolute Gasteiger partial charge is 0.416 e. The fraction of sp³-hybridized carbons (Fsp3) is 0.364. The van der Waals surface area contributed by atoms with Crippen LogP contribution >= 0.6 is 0 Å². The van der Waals surface area contributed by atoms with Gasteiger partial charge in [-0.25, -0.2) is 0 Å². The molecule has 0 aromatic heterocycles. The Kier molecular flexibility index (Phi) is 6.56. The van der Waals surface area contributed by atoms with Gasteiger partial charge in [-0.1, -0.05) is 12.5 Å². The molecule has 0 saturated carbocycles. The summed E-state index contributed by atoms with van der Waals surface area (Å²) in [6.45, 7) is 0.536. The Morgan fingerprint density at radius 3 is 2.55 bits per heavy atom. The Bertz CT molecular complexity index is 876. The van der Waals surface area contributed by atoms with Crippen molar-refractivity contribution < 1.29 is 22.7 Å². The first kappa shape index (κ1) is 20.9. The molecule has 1 aliphatic rings. The zero-order chi connectivity index (χ0) is 20.9. The Hall–Kier alpha value is -2.83. The topological polar surface area (TPSA) is 41.9 Å². The van der Waals surface area contributed by atoms with E-state index in [9.17, 15) is 18.0 Å². The number of halogens is 3. The lowest BCUT2D eigenvalue weighted by Crippen LogP contribution is -2.36. The van der Waals surface area contributed by atoms with Crippen molar-refractivity contribution in [3.8, 4) is 5.75 Å². The van der Waals surface area contributed by atoms with Gasteiger partial charge < -0.3 is 9.64 Å². The number of hydrogen-bond donors (Lipinski definition) is 0. The zero-order valence-corrected chi connectivity index (χ0v) is 16.2. The zero-order valence-electron chi connectivity index (χ0n) is 16.2. The SMILES string of the molecule is COc1ccc(C(=O)CN(C2=NCCCCC2)c2cccc(C(F)(F)F)c2)cc1. The number of Topliss-reactive ketones (excluding diaryl/α,β-unsaturated/α-hetero) is 1. The second kappa shape index (κ2) is 9.11. The van der Waals surface area contributed by atoms with Gasteiger partial charge in [0, 0.05) is 24.2 Å². The van der Waals surface area contributed by atoms with Crippen LogP contribution in [0.1, 0.15) is 41.6 Å². The van der Waals surface area contributed by atoms with Crippen LogP contribution in [-0.4, -0.2) is 31.8 Å². The molecule has 0 unspecified atom stereocenters. The third-order valence-corrected chi connectivity index (χ3v) is 4.86. The van der Waals surface area contributed by atoms with Crippen molar-refractivity contribution in [2.75, 3.05) is 25.1 Å². The summed E-state index contributed by atoms with van der Waals surface area (Å²) < 4.78 is 44.7. The number of carbonyl (C=O) groups is 1. The third kappa shape index (κ3) is 5.37. The molecule has 4 nitrogen and oxygen atoms in total.